The number of nitrogens with one attached hydrogen (secondary N) is 1. The molecule has 2 aliphatic rings. The molecule has 0 saturated carbocycles. The number of fused-ring (bicyclic) bond motifs is 2. The van der Waals surface area contributed by atoms with Crippen molar-refractivity contribution in [1.29, 1.82) is 0 Å². The molecule has 2 aliphatic heterocycles. The van der Waals surface area contributed by atoms with Gasteiger partial charge in [0.25, 0.3) is 11.8 Å². The largest absolute Gasteiger partial charge is 0.323 e. The number of carbonyl (C=O) groups is 2. The summed E-state index contributed by atoms with van der Waals surface area (Å²) in [5.41, 5.74) is 4.28. The van der Waals surface area contributed by atoms with Crippen LogP contribution in [0.15, 0.2) is 77.7 Å². The number of nitrogens with zero attached hydrogens (tertiary/aromatic N) is 1. The van der Waals surface area contributed by atoms with Crippen LogP contribution in [0.3, 0.4) is 0 Å². The molecule has 160 valence electrons. The van der Waals surface area contributed by atoms with Crippen LogP contribution in [0, 0.1) is 0 Å². The van der Waals surface area contributed by atoms with Crippen LogP contribution in [-0.2, 0) is 14.5 Å². The summed E-state index contributed by atoms with van der Waals surface area (Å²) in [5, 5.41) is 3.53. The van der Waals surface area contributed by atoms with E-state index in [4.69, 9.17) is 11.6 Å². The van der Waals surface area contributed by atoms with Crippen molar-refractivity contribution in [2.45, 2.75) is 24.6 Å². The first-order valence-electron chi connectivity index (χ1n) is 10.4. The third-order valence-electron chi connectivity index (χ3n) is 5.82. The molecule has 1 N–H and O–H groups in total. The van der Waals surface area contributed by atoms with Gasteiger partial charge in [-0.15, -0.1) is 0 Å². The Kier molecular flexibility index (Phi) is 5.11. The lowest BCUT2D eigenvalue weighted by molar-refractivity contribution is -0.121. The Hall–Kier alpha value is -3.02. The Morgan fingerprint density at radius 2 is 1.66 bits per heavy atom. The maximum absolute atomic E-state index is 13.7. The van der Waals surface area contributed by atoms with E-state index in [-0.39, 0.29) is 11.8 Å². The van der Waals surface area contributed by atoms with E-state index in [1.807, 2.05) is 42.5 Å². The predicted octanol–water partition coefficient (Wildman–Crippen LogP) is 6.39. The number of rotatable bonds is 3. The van der Waals surface area contributed by atoms with Crippen LogP contribution in [0.1, 0.15) is 36.5 Å². The van der Waals surface area contributed by atoms with E-state index in [2.05, 4.69) is 31.3 Å². The molecule has 1 spiro atoms. The van der Waals surface area contributed by atoms with Crippen molar-refractivity contribution in [3.05, 3.63) is 99.4 Å². The molecule has 0 bridgehead atoms. The van der Waals surface area contributed by atoms with Crippen LogP contribution < -0.4 is 10.2 Å². The van der Waals surface area contributed by atoms with E-state index in [1.165, 1.54) is 17.3 Å². The second kappa shape index (κ2) is 7.84. The molecule has 0 radical (unpaired) electrons. The highest BCUT2D eigenvalue weighted by atomic mass is 35.5. The van der Waals surface area contributed by atoms with Crippen LogP contribution in [0.2, 0.25) is 5.02 Å². The zero-order chi connectivity index (χ0) is 22.5. The number of carbonyl (C=O) groups excluding carboxylic acids is 2. The van der Waals surface area contributed by atoms with Gasteiger partial charge in [0, 0.05) is 22.0 Å². The number of hydrogen-bond donors (Lipinski definition) is 1. The first-order chi connectivity index (χ1) is 15.4. The molecule has 0 aliphatic carbocycles. The fourth-order valence-corrected chi connectivity index (χ4v) is 5.68. The highest BCUT2D eigenvalue weighted by Gasteiger charge is 2.60. The van der Waals surface area contributed by atoms with Crippen molar-refractivity contribution in [2.24, 2.45) is 0 Å². The smallest absolute Gasteiger partial charge is 0.266 e. The van der Waals surface area contributed by atoms with Crippen LogP contribution in [0.25, 0.3) is 6.08 Å². The van der Waals surface area contributed by atoms with Gasteiger partial charge in [-0.1, -0.05) is 79.7 Å². The molecule has 1 saturated heterocycles. The standard InChI is InChI=1S/C26H21ClN2O2S/c1-16(2)18-9-7-17(8-10-18)15-23-24(30)29(20-13-11-19(27)12-14-20)26(32-23)21-5-3-4-6-22(21)28-25(26)31/h3-16H,1-2H3,(H,28,31)/b23-15-. The maximum Gasteiger partial charge on any atom is 0.266 e. The van der Waals surface area contributed by atoms with Crippen LogP contribution in [-0.4, -0.2) is 11.8 Å². The summed E-state index contributed by atoms with van der Waals surface area (Å²) >= 11 is 7.37. The molecule has 3 aromatic rings. The lowest BCUT2D eigenvalue weighted by Gasteiger charge is -2.31. The minimum Gasteiger partial charge on any atom is -0.323 e. The third kappa shape index (κ3) is 3.24. The Bertz CT molecular complexity index is 1250. The van der Waals surface area contributed by atoms with Crippen molar-refractivity contribution in [1.82, 2.24) is 0 Å². The van der Waals surface area contributed by atoms with Gasteiger partial charge >= 0.3 is 0 Å². The van der Waals surface area contributed by atoms with E-state index in [9.17, 15) is 9.59 Å². The van der Waals surface area contributed by atoms with Crippen molar-refractivity contribution in [3.63, 3.8) is 0 Å². The Balaban J connectivity index is 1.65. The SMILES string of the molecule is CC(C)c1ccc(/C=C2\SC3(C(=O)Nc4ccccc43)N(c3ccc(Cl)cc3)C2=O)cc1. The first kappa shape index (κ1) is 20.9. The van der Waals surface area contributed by atoms with Crippen LogP contribution in [0.5, 0.6) is 0 Å². The highest BCUT2D eigenvalue weighted by Crippen LogP contribution is 2.57. The van der Waals surface area contributed by atoms with Gasteiger partial charge in [0.15, 0.2) is 0 Å². The predicted molar refractivity (Wildman–Crippen MR) is 132 cm³/mol. The summed E-state index contributed by atoms with van der Waals surface area (Å²) < 4.78 is 0. The fourth-order valence-electron chi connectivity index (χ4n) is 4.15. The lowest BCUT2D eigenvalue weighted by atomic mass is 10.0. The molecule has 1 fully saturated rings. The number of halogens is 1. The number of hydrogen-bond acceptors (Lipinski definition) is 3. The second-order valence-electron chi connectivity index (χ2n) is 8.19. The second-order valence-corrected chi connectivity index (χ2v) is 9.86. The summed E-state index contributed by atoms with van der Waals surface area (Å²) in [5.74, 6) is -0.00999. The Labute approximate surface area is 196 Å². The minimum absolute atomic E-state index is 0.211. The number of anilines is 2. The first-order valence-corrected chi connectivity index (χ1v) is 11.6. The monoisotopic (exact) mass is 460 g/mol. The molecule has 5 rings (SSSR count). The number of benzene rings is 3. The normalized spacial score (nSPS) is 21.0. The van der Waals surface area contributed by atoms with Gasteiger partial charge < -0.3 is 5.32 Å². The summed E-state index contributed by atoms with van der Waals surface area (Å²) in [6.07, 6.45) is 1.86. The quantitative estimate of drug-likeness (QED) is 0.461. The molecular weight excluding hydrogens is 440 g/mol. The molecule has 4 nitrogen and oxygen atoms in total. The lowest BCUT2D eigenvalue weighted by Crippen LogP contribution is -2.47. The van der Waals surface area contributed by atoms with E-state index in [0.29, 0.717) is 21.5 Å². The van der Waals surface area contributed by atoms with Gasteiger partial charge in [-0.05, 0) is 53.5 Å². The topological polar surface area (TPSA) is 49.4 Å². The summed E-state index contributed by atoms with van der Waals surface area (Å²) in [6.45, 7) is 4.29. The zero-order valence-electron chi connectivity index (χ0n) is 17.6. The average Bonchev–Trinajstić information content (AvgIpc) is 3.23. The summed E-state index contributed by atoms with van der Waals surface area (Å²) in [4.78, 5) is 28.0. The van der Waals surface area contributed by atoms with E-state index >= 15 is 0 Å². The molecule has 2 heterocycles. The van der Waals surface area contributed by atoms with Crippen molar-refractivity contribution >= 4 is 52.6 Å². The summed E-state index contributed by atoms with van der Waals surface area (Å²) in [6, 6.07) is 22.7. The van der Waals surface area contributed by atoms with E-state index in [1.54, 1.807) is 29.2 Å². The van der Waals surface area contributed by atoms with Crippen molar-refractivity contribution in [3.8, 4) is 0 Å². The van der Waals surface area contributed by atoms with Gasteiger partial charge in [0.2, 0.25) is 4.87 Å². The molecule has 0 aromatic heterocycles. The molecule has 1 unspecified atom stereocenters. The van der Waals surface area contributed by atoms with Gasteiger partial charge in [-0.2, -0.15) is 0 Å². The highest BCUT2D eigenvalue weighted by molar-refractivity contribution is 8.06. The molecule has 32 heavy (non-hydrogen) atoms. The van der Waals surface area contributed by atoms with Gasteiger partial charge in [0.1, 0.15) is 0 Å². The number of para-hydroxylation sites is 1. The van der Waals surface area contributed by atoms with E-state index < -0.39 is 4.87 Å². The Morgan fingerprint density at radius 1 is 0.969 bits per heavy atom. The van der Waals surface area contributed by atoms with Gasteiger partial charge in [0.05, 0.1) is 4.91 Å². The third-order valence-corrected chi connectivity index (χ3v) is 7.47. The van der Waals surface area contributed by atoms with Crippen LogP contribution in [0.4, 0.5) is 11.4 Å². The Morgan fingerprint density at radius 3 is 2.34 bits per heavy atom. The van der Waals surface area contributed by atoms with Crippen molar-refractivity contribution < 1.29 is 9.59 Å². The van der Waals surface area contributed by atoms with Crippen molar-refractivity contribution in [2.75, 3.05) is 10.2 Å². The molecule has 6 heteroatoms. The van der Waals surface area contributed by atoms with Crippen LogP contribution >= 0.6 is 23.4 Å². The maximum atomic E-state index is 13.7. The molecule has 2 amide bonds. The number of thioether (sulfide) groups is 1. The average molecular weight is 461 g/mol. The fraction of sp³-hybridized carbons (Fsp3) is 0.154. The van der Waals surface area contributed by atoms with Gasteiger partial charge in [-0.3, -0.25) is 14.5 Å². The number of amides is 2. The van der Waals surface area contributed by atoms with Gasteiger partial charge in [-0.25, -0.2) is 0 Å². The zero-order valence-corrected chi connectivity index (χ0v) is 19.2. The molecule has 3 aromatic carbocycles. The molecule has 1 atom stereocenters. The minimum atomic E-state index is -1.20. The molecular formula is C26H21ClN2O2S. The summed E-state index contributed by atoms with van der Waals surface area (Å²) in [7, 11) is 0. The van der Waals surface area contributed by atoms with E-state index in [0.717, 1.165) is 16.8 Å².